The van der Waals surface area contributed by atoms with Gasteiger partial charge in [-0.1, -0.05) is 39.0 Å². The lowest BCUT2D eigenvalue weighted by Crippen LogP contribution is -2.37. The Hall–Kier alpha value is -0.120. The summed E-state index contributed by atoms with van der Waals surface area (Å²) in [5.41, 5.74) is 5.46. The van der Waals surface area contributed by atoms with Crippen LogP contribution in [0.4, 0.5) is 0 Å². The lowest BCUT2D eigenvalue weighted by atomic mass is 10.0. The molecule has 13 heavy (non-hydrogen) atoms. The van der Waals surface area contributed by atoms with E-state index in [-0.39, 0.29) is 6.61 Å². The molecule has 4 N–H and O–H groups in total. The van der Waals surface area contributed by atoms with Crippen molar-refractivity contribution in [3.63, 3.8) is 0 Å². The summed E-state index contributed by atoms with van der Waals surface area (Å²) in [5.74, 6) is 0. The fourth-order valence-electron chi connectivity index (χ4n) is 1.29. The Balaban J connectivity index is 3.21. The summed E-state index contributed by atoms with van der Waals surface area (Å²) in [6, 6.07) is -0.467. The summed E-state index contributed by atoms with van der Waals surface area (Å²) in [7, 11) is 0. The van der Waals surface area contributed by atoms with Crippen molar-refractivity contribution in [2.24, 2.45) is 5.73 Å². The average Bonchev–Trinajstić information content (AvgIpc) is 2.16. The predicted molar refractivity (Wildman–Crippen MR) is 54.4 cm³/mol. The van der Waals surface area contributed by atoms with Gasteiger partial charge in [0.15, 0.2) is 0 Å². The number of hydrogen-bond acceptors (Lipinski definition) is 3. The van der Waals surface area contributed by atoms with Crippen molar-refractivity contribution in [3.8, 4) is 0 Å². The van der Waals surface area contributed by atoms with Gasteiger partial charge in [0, 0.05) is 0 Å². The van der Waals surface area contributed by atoms with Crippen LogP contribution in [-0.2, 0) is 0 Å². The van der Waals surface area contributed by atoms with Crippen molar-refractivity contribution >= 4 is 0 Å². The Morgan fingerprint density at radius 3 is 2.31 bits per heavy atom. The molecular weight excluding hydrogens is 166 g/mol. The molecule has 0 rings (SSSR count). The topological polar surface area (TPSA) is 66.5 Å². The Bertz CT molecular complexity index is 109. The molecule has 0 aliphatic carbocycles. The normalized spacial score (nSPS) is 15.7. The van der Waals surface area contributed by atoms with E-state index < -0.39 is 12.1 Å². The van der Waals surface area contributed by atoms with Crippen molar-refractivity contribution in [2.75, 3.05) is 6.61 Å². The second kappa shape index (κ2) is 8.48. The van der Waals surface area contributed by atoms with Gasteiger partial charge >= 0.3 is 0 Å². The number of aliphatic hydroxyl groups is 2. The van der Waals surface area contributed by atoms with Gasteiger partial charge in [-0.3, -0.25) is 0 Å². The van der Waals surface area contributed by atoms with Crippen LogP contribution in [0.1, 0.15) is 45.4 Å². The van der Waals surface area contributed by atoms with Gasteiger partial charge in [0.1, 0.15) is 0 Å². The molecule has 3 heteroatoms. The van der Waals surface area contributed by atoms with E-state index in [9.17, 15) is 5.11 Å². The van der Waals surface area contributed by atoms with Crippen LogP contribution < -0.4 is 5.73 Å². The van der Waals surface area contributed by atoms with E-state index in [1.807, 2.05) is 0 Å². The zero-order valence-corrected chi connectivity index (χ0v) is 8.58. The second-order valence-corrected chi connectivity index (χ2v) is 3.62. The third-order valence-electron chi connectivity index (χ3n) is 2.31. The van der Waals surface area contributed by atoms with Crippen molar-refractivity contribution in [3.05, 3.63) is 0 Å². The first-order valence-corrected chi connectivity index (χ1v) is 5.26. The van der Waals surface area contributed by atoms with Gasteiger partial charge in [-0.2, -0.15) is 0 Å². The van der Waals surface area contributed by atoms with Crippen molar-refractivity contribution < 1.29 is 10.2 Å². The van der Waals surface area contributed by atoms with Gasteiger partial charge in [0.2, 0.25) is 0 Å². The fourth-order valence-corrected chi connectivity index (χ4v) is 1.29. The minimum Gasteiger partial charge on any atom is -0.395 e. The van der Waals surface area contributed by atoms with Crippen LogP contribution in [-0.4, -0.2) is 29.0 Å². The lowest BCUT2D eigenvalue weighted by Gasteiger charge is -2.15. The number of nitrogens with two attached hydrogens (primary N) is 1. The van der Waals surface area contributed by atoms with Crippen LogP contribution >= 0.6 is 0 Å². The van der Waals surface area contributed by atoms with Gasteiger partial charge in [0.25, 0.3) is 0 Å². The van der Waals surface area contributed by atoms with Crippen molar-refractivity contribution in [1.29, 1.82) is 0 Å². The van der Waals surface area contributed by atoms with Gasteiger partial charge in [-0.05, 0) is 6.42 Å². The molecule has 0 aliphatic heterocycles. The van der Waals surface area contributed by atoms with Crippen molar-refractivity contribution in [2.45, 2.75) is 57.6 Å². The summed E-state index contributed by atoms with van der Waals surface area (Å²) < 4.78 is 0. The molecule has 0 aliphatic rings. The van der Waals surface area contributed by atoms with Gasteiger partial charge < -0.3 is 15.9 Å². The van der Waals surface area contributed by atoms with Gasteiger partial charge in [0.05, 0.1) is 18.8 Å². The molecule has 0 heterocycles. The average molecular weight is 189 g/mol. The highest BCUT2D eigenvalue weighted by Gasteiger charge is 2.12. The predicted octanol–water partition coefficient (Wildman–Crippen LogP) is 1.03. The van der Waals surface area contributed by atoms with E-state index in [2.05, 4.69) is 6.92 Å². The zero-order chi connectivity index (χ0) is 10.1. The first-order valence-electron chi connectivity index (χ1n) is 5.26. The molecule has 0 fully saturated rings. The molecule has 0 aromatic heterocycles. The molecule has 0 aromatic carbocycles. The summed E-state index contributed by atoms with van der Waals surface area (Å²) in [4.78, 5) is 0. The van der Waals surface area contributed by atoms with Crippen LogP contribution in [0.2, 0.25) is 0 Å². The Labute approximate surface area is 81.0 Å². The minimum absolute atomic E-state index is 0.129. The summed E-state index contributed by atoms with van der Waals surface area (Å²) in [5, 5.41) is 18.1. The summed E-state index contributed by atoms with van der Waals surface area (Å²) >= 11 is 0. The minimum atomic E-state index is -0.536. The summed E-state index contributed by atoms with van der Waals surface area (Å²) in [6.45, 7) is 2.05. The lowest BCUT2D eigenvalue weighted by molar-refractivity contribution is 0.0990. The molecule has 0 saturated carbocycles. The van der Waals surface area contributed by atoms with Crippen LogP contribution in [0.15, 0.2) is 0 Å². The van der Waals surface area contributed by atoms with Gasteiger partial charge in [-0.15, -0.1) is 0 Å². The number of aliphatic hydroxyl groups excluding tert-OH is 2. The standard InChI is InChI=1S/C10H23NO2/c1-2-3-4-5-6-7-10(13)9(11)8-12/h9-10,12-13H,2-8,11H2,1H3/t9-,10+/m0/s1. The van der Waals surface area contributed by atoms with E-state index >= 15 is 0 Å². The van der Waals surface area contributed by atoms with E-state index in [0.29, 0.717) is 6.42 Å². The molecule has 0 amide bonds. The highest BCUT2D eigenvalue weighted by atomic mass is 16.3. The van der Waals surface area contributed by atoms with E-state index in [4.69, 9.17) is 10.8 Å². The van der Waals surface area contributed by atoms with E-state index in [1.165, 1.54) is 19.3 Å². The third-order valence-corrected chi connectivity index (χ3v) is 2.31. The molecule has 0 unspecified atom stereocenters. The van der Waals surface area contributed by atoms with E-state index in [1.54, 1.807) is 0 Å². The SMILES string of the molecule is CCCCCCC[C@@H](O)[C@@H](N)CO. The molecule has 0 saturated heterocycles. The Kier molecular flexibility index (Phi) is 8.40. The van der Waals surface area contributed by atoms with E-state index in [0.717, 1.165) is 12.8 Å². The van der Waals surface area contributed by atoms with Crippen LogP contribution in [0.3, 0.4) is 0 Å². The Morgan fingerprint density at radius 1 is 1.15 bits per heavy atom. The molecule has 0 aromatic rings. The molecule has 0 radical (unpaired) electrons. The maximum absolute atomic E-state index is 9.39. The highest BCUT2D eigenvalue weighted by Crippen LogP contribution is 2.08. The number of unbranched alkanes of at least 4 members (excludes halogenated alkanes) is 4. The second-order valence-electron chi connectivity index (χ2n) is 3.62. The Morgan fingerprint density at radius 2 is 1.77 bits per heavy atom. The summed E-state index contributed by atoms with van der Waals surface area (Å²) in [6.07, 6.45) is 6.08. The van der Waals surface area contributed by atoms with Crippen LogP contribution in [0, 0.1) is 0 Å². The van der Waals surface area contributed by atoms with Crippen LogP contribution in [0.5, 0.6) is 0 Å². The molecule has 3 nitrogen and oxygen atoms in total. The molecule has 0 spiro atoms. The monoisotopic (exact) mass is 189 g/mol. The first kappa shape index (κ1) is 12.9. The smallest absolute Gasteiger partial charge is 0.0713 e. The van der Waals surface area contributed by atoms with Gasteiger partial charge in [-0.25, -0.2) is 0 Å². The molecular formula is C10H23NO2. The molecule has 80 valence electrons. The largest absolute Gasteiger partial charge is 0.395 e. The quantitative estimate of drug-likeness (QED) is 0.500. The third kappa shape index (κ3) is 6.99. The maximum atomic E-state index is 9.39. The zero-order valence-electron chi connectivity index (χ0n) is 8.58. The number of rotatable bonds is 8. The first-order chi connectivity index (χ1) is 6.22. The maximum Gasteiger partial charge on any atom is 0.0713 e. The molecule has 2 atom stereocenters. The fraction of sp³-hybridized carbons (Fsp3) is 1.00. The van der Waals surface area contributed by atoms with Crippen molar-refractivity contribution in [1.82, 2.24) is 0 Å². The number of hydrogen-bond donors (Lipinski definition) is 3. The molecule has 0 bridgehead atoms. The highest BCUT2D eigenvalue weighted by molar-refractivity contribution is 4.70. The van der Waals surface area contributed by atoms with Crippen LogP contribution in [0.25, 0.3) is 0 Å².